The van der Waals surface area contributed by atoms with E-state index in [-0.39, 0.29) is 29.5 Å². The zero-order valence-corrected chi connectivity index (χ0v) is 31.3. The fourth-order valence-electron chi connectivity index (χ4n) is 7.96. The summed E-state index contributed by atoms with van der Waals surface area (Å²) in [5, 5.41) is 9.55. The van der Waals surface area contributed by atoms with Crippen LogP contribution in [0.1, 0.15) is 49.9 Å². The summed E-state index contributed by atoms with van der Waals surface area (Å²) in [5.74, 6) is -0.0396. The maximum Gasteiger partial charge on any atom is 0.282 e. The number of hydrogen-bond acceptors (Lipinski definition) is 8. The largest absolute Gasteiger partial charge is 0.363 e. The SMILES string of the molecule is C=CC(=O)N1CC2CN(CCCN(C)C)c3c(c4cc(Cl)c(-c5c(C)ccc6[nH]ncc56)nc4n(-c4c(C)ccnc4C(C)C)c3=O)N2CC1C. The zero-order valence-electron chi connectivity index (χ0n) is 30.5. The van der Waals surface area contributed by atoms with E-state index in [0.717, 1.165) is 63.0 Å². The quantitative estimate of drug-likeness (QED) is 0.194. The van der Waals surface area contributed by atoms with Crippen LogP contribution in [0.3, 0.4) is 0 Å². The van der Waals surface area contributed by atoms with Gasteiger partial charge in [0.15, 0.2) is 0 Å². The van der Waals surface area contributed by atoms with Gasteiger partial charge in [-0.1, -0.05) is 38.1 Å². The number of amides is 1. The molecule has 7 rings (SSSR count). The van der Waals surface area contributed by atoms with Gasteiger partial charge >= 0.3 is 0 Å². The molecule has 11 nitrogen and oxygen atoms in total. The topological polar surface area (TPSA) is 106 Å². The zero-order chi connectivity index (χ0) is 36.3. The molecule has 0 aliphatic carbocycles. The second kappa shape index (κ2) is 13.4. The van der Waals surface area contributed by atoms with Crippen LogP contribution in [0.5, 0.6) is 0 Å². The number of nitrogens with one attached hydrogen (secondary N) is 1. The second-order valence-corrected chi connectivity index (χ2v) is 15.0. The number of aromatic amines is 1. The summed E-state index contributed by atoms with van der Waals surface area (Å²) in [7, 11) is 4.12. The molecule has 2 unspecified atom stereocenters. The molecule has 0 spiro atoms. The van der Waals surface area contributed by atoms with E-state index >= 15 is 4.79 Å². The van der Waals surface area contributed by atoms with Crippen molar-refractivity contribution in [1.29, 1.82) is 0 Å². The van der Waals surface area contributed by atoms with E-state index in [9.17, 15) is 4.79 Å². The molecule has 1 saturated heterocycles. The van der Waals surface area contributed by atoms with E-state index in [1.807, 2.05) is 49.2 Å². The van der Waals surface area contributed by atoms with Crippen LogP contribution in [-0.4, -0.2) is 99.3 Å². The van der Waals surface area contributed by atoms with Crippen molar-refractivity contribution < 1.29 is 4.79 Å². The molecule has 0 bridgehead atoms. The Kier molecular flexibility index (Phi) is 9.14. The molecule has 1 aromatic carbocycles. The summed E-state index contributed by atoms with van der Waals surface area (Å²) < 4.78 is 1.79. The van der Waals surface area contributed by atoms with E-state index in [4.69, 9.17) is 21.6 Å². The monoisotopic (exact) mass is 707 g/mol. The summed E-state index contributed by atoms with van der Waals surface area (Å²) in [6, 6.07) is 7.81. The highest BCUT2D eigenvalue weighted by Gasteiger charge is 2.42. The third-order valence-corrected chi connectivity index (χ3v) is 10.7. The van der Waals surface area contributed by atoms with Crippen molar-refractivity contribution in [2.75, 3.05) is 56.6 Å². The minimum Gasteiger partial charge on any atom is -0.363 e. The van der Waals surface area contributed by atoms with Crippen molar-refractivity contribution in [2.45, 2.75) is 59.0 Å². The number of benzene rings is 1. The minimum atomic E-state index is -0.143. The maximum absolute atomic E-state index is 15.5. The van der Waals surface area contributed by atoms with E-state index in [0.29, 0.717) is 48.2 Å². The van der Waals surface area contributed by atoms with Crippen molar-refractivity contribution in [3.8, 4) is 16.9 Å². The van der Waals surface area contributed by atoms with Crippen LogP contribution in [0.15, 0.2) is 54.1 Å². The average Bonchev–Trinajstić information content (AvgIpc) is 3.57. The highest BCUT2D eigenvalue weighted by molar-refractivity contribution is 6.34. The Hall–Kier alpha value is -4.74. The van der Waals surface area contributed by atoms with Crippen molar-refractivity contribution >= 4 is 50.8 Å². The molecule has 1 amide bonds. The predicted octanol–water partition coefficient (Wildman–Crippen LogP) is 6.08. The number of piperazine rings is 1. The average molecular weight is 708 g/mol. The van der Waals surface area contributed by atoms with Gasteiger partial charge < -0.3 is 19.6 Å². The number of aromatic nitrogens is 5. The number of rotatable bonds is 8. The maximum atomic E-state index is 15.5. The Morgan fingerprint density at radius 2 is 1.88 bits per heavy atom. The molecule has 5 aromatic rings. The lowest BCUT2D eigenvalue weighted by molar-refractivity contribution is -0.128. The third-order valence-electron chi connectivity index (χ3n) is 10.4. The Morgan fingerprint density at radius 3 is 2.61 bits per heavy atom. The number of H-pyrrole nitrogens is 1. The van der Waals surface area contributed by atoms with Gasteiger partial charge in [0.1, 0.15) is 11.3 Å². The summed E-state index contributed by atoms with van der Waals surface area (Å²) >= 11 is 7.32. The first-order chi connectivity index (χ1) is 24.4. The first kappa shape index (κ1) is 34.7. The molecular formula is C39H46ClN9O2. The van der Waals surface area contributed by atoms with Gasteiger partial charge in [-0.2, -0.15) is 5.10 Å². The Labute approximate surface area is 303 Å². The highest BCUT2D eigenvalue weighted by Crippen LogP contribution is 2.45. The van der Waals surface area contributed by atoms with Gasteiger partial charge in [0, 0.05) is 54.8 Å². The molecule has 0 radical (unpaired) electrons. The van der Waals surface area contributed by atoms with E-state index in [2.05, 4.69) is 66.3 Å². The van der Waals surface area contributed by atoms with Crippen LogP contribution >= 0.6 is 11.6 Å². The number of aryl methyl sites for hydroxylation is 2. The number of carbonyl (C=O) groups is 1. The van der Waals surface area contributed by atoms with Crippen molar-refractivity contribution in [2.24, 2.45) is 0 Å². The first-order valence-electron chi connectivity index (χ1n) is 17.7. The number of halogens is 1. The Morgan fingerprint density at radius 1 is 1.10 bits per heavy atom. The smallest absolute Gasteiger partial charge is 0.282 e. The van der Waals surface area contributed by atoms with Gasteiger partial charge in [0.05, 0.1) is 45.5 Å². The van der Waals surface area contributed by atoms with Crippen LogP contribution in [0, 0.1) is 13.8 Å². The first-order valence-corrected chi connectivity index (χ1v) is 18.1. The van der Waals surface area contributed by atoms with Gasteiger partial charge in [-0.3, -0.25) is 24.2 Å². The van der Waals surface area contributed by atoms with Gasteiger partial charge in [0.2, 0.25) is 5.91 Å². The lowest BCUT2D eigenvalue weighted by Gasteiger charge is -2.52. The van der Waals surface area contributed by atoms with Crippen LogP contribution < -0.4 is 15.4 Å². The highest BCUT2D eigenvalue weighted by atomic mass is 35.5. The van der Waals surface area contributed by atoms with E-state index < -0.39 is 0 Å². The molecule has 6 heterocycles. The lowest BCUT2D eigenvalue weighted by Crippen LogP contribution is -2.64. The van der Waals surface area contributed by atoms with E-state index in [1.165, 1.54) is 6.08 Å². The normalized spacial score (nSPS) is 17.5. The Balaban J connectivity index is 1.58. The molecule has 51 heavy (non-hydrogen) atoms. The number of carbonyl (C=O) groups excluding carboxylic acids is 1. The van der Waals surface area contributed by atoms with Crippen LogP contribution in [0.2, 0.25) is 5.02 Å². The number of hydrogen-bond donors (Lipinski definition) is 1. The summed E-state index contributed by atoms with van der Waals surface area (Å²) in [4.78, 5) is 47.3. The summed E-state index contributed by atoms with van der Waals surface area (Å²) in [5.41, 5.74) is 7.63. The van der Waals surface area contributed by atoms with Crippen LogP contribution in [0.4, 0.5) is 11.4 Å². The molecule has 2 aliphatic heterocycles. The minimum absolute atomic E-state index is 0.0449. The fourth-order valence-corrected chi connectivity index (χ4v) is 8.20. The third kappa shape index (κ3) is 5.86. The number of nitrogens with zero attached hydrogens (tertiary/aromatic N) is 8. The second-order valence-electron chi connectivity index (χ2n) is 14.6. The van der Waals surface area contributed by atoms with Gasteiger partial charge in [0.25, 0.3) is 5.56 Å². The molecule has 4 aromatic heterocycles. The number of pyridine rings is 3. The number of fused-ring (bicyclic) bond motifs is 6. The molecule has 0 saturated carbocycles. The fraction of sp³-hybridized carbons (Fsp3) is 0.410. The van der Waals surface area contributed by atoms with Gasteiger partial charge in [-0.05, 0) is 89.2 Å². The van der Waals surface area contributed by atoms with Crippen molar-refractivity contribution in [3.05, 3.63) is 81.5 Å². The van der Waals surface area contributed by atoms with Crippen molar-refractivity contribution in [1.82, 2.24) is 34.5 Å². The van der Waals surface area contributed by atoms with Crippen LogP contribution in [0.25, 0.3) is 38.9 Å². The van der Waals surface area contributed by atoms with E-state index in [1.54, 1.807) is 10.8 Å². The Bertz CT molecular complexity index is 2240. The van der Waals surface area contributed by atoms with Crippen LogP contribution in [-0.2, 0) is 4.79 Å². The molecule has 266 valence electrons. The number of anilines is 2. The molecule has 2 atom stereocenters. The molecule has 12 heteroatoms. The molecule has 1 N–H and O–H groups in total. The summed E-state index contributed by atoms with van der Waals surface area (Å²) in [6.07, 6.45) is 5.85. The molecular weight excluding hydrogens is 662 g/mol. The summed E-state index contributed by atoms with van der Waals surface area (Å²) in [6.45, 7) is 17.3. The molecule has 1 fully saturated rings. The lowest BCUT2D eigenvalue weighted by atomic mass is 9.97. The standard InChI is InChI=1S/C39H46ClN9O2/c1-9-31(50)47-21-26-20-46(16-10-15-45(7)8)37-36(48(26)19-25(47)6)27-17-29(40)34(32-23(4)11-12-30-28(32)18-42-44-30)43-38(27)49(39(37)51)35-24(5)13-14-41-33(35)22(2)3/h9,11-14,17-18,22,25-26H,1,10,15-16,19-21H2,2-8H3,(H,42,44). The predicted molar refractivity (Wildman–Crippen MR) is 207 cm³/mol. The van der Waals surface area contributed by atoms with Gasteiger partial charge in [-0.15, -0.1) is 0 Å². The van der Waals surface area contributed by atoms with Crippen molar-refractivity contribution in [3.63, 3.8) is 0 Å². The van der Waals surface area contributed by atoms with Gasteiger partial charge in [-0.25, -0.2) is 4.98 Å². The molecule has 2 aliphatic rings.